The minimum absolute atomic E-state index is 0.00109. The van der Waals surface area contributed by atoms with Crippen molar-refractivity contribution in [2.45, 2.75) is 39.4 Å². The van der Waals surface area contributed by atoms with Crippen molar-refractivity contribution >= 4 is 51.7 Å². The van der Waals surface area contributed by atoms with Crippen LogP contribution in [-0.2, 0) is 14.3 Å². The van der Waals surface area contributed by atoms with Crippen LogP contribution in [0.1, 0.15) is 32.8 Å². The summed E-state index contributed by atoms with van der Waals surface area (Å²) in [5.74, 6) is 0.378. The average molecular weight is 489 g/mol. The number of aromatic nitrogens is 2. The summed E-state index contributed by atoms with van der Waals surface area (Å²) in [6.45, 7) is 8.86. The van der Waals surface area contributed by atoms with Crippen LogP contribution in [-0.4, -0.2) is 69.6 Å². The fourth-order valence-electron chi connectivity index (χ4n) is 4.10. The minimum Gasteiger partial charge on any atom is -0.382 e. The van der Waals surface area contributed by atoms with Crippen LogP contribution in [0, 0.1) is 0 Å². The van der Waals surface area contributed by atoms with Crippen LogP contribution in [0.4, 0.5) is 5.82 Å². The zero-order valence-electron chi connectivity index (χ0n) is 19.0. The molecule has 33 heavy (non-hydrogen) atoms. The van der Waals surface area contributed by atoms with E-state index in [4.69, 9.17) is 26.7 Å². The van der Waals surface area contributed by atoms with Gasteiger partial charge in [-0.2, -0.15) is 0 Å². The Morgan fingerprint density at radius 3 is 2.76 bits per heavy atom. The predicted octanol–water partition coefficient (Wildman–Crippen LogP) is 2.94. The molecule has 2 saturated heterocycles. The Hall–Kier alpha value is -2.27. The van der Waals surface area contributed by atoms with Crippen molar-refractivity contribution in [2.24, 2.45) is 0 Å². The molecule has 4 heterocycles. The number of anilines is 1. The summed E-state index contributed by atoms with van der Waals surface area (Å²) in [6.07, 6.45) is 4.04. The van der Waals surface area contributed by atoms with Gasteiger partial charge in [0.1, 0.15) is 15.8 Å². The van der Waals surface area contributed by atoms with Crippen LogP contribution in [0.15, 0.2) is 34.1 Å². The minimum atomic E-state index is -0.219. The summed E-state index contributed by atoms with van der Waals surface area (Å²) < 4.78 is 13.2. The number of carbonyl (C=O) groups excluding carboxylic acids is 1. The van der Waals surface area contributed by atoms with E-state index < -0.39 is 0 Å². The largest absolute Gasteiger partial charge is 0.382 e. The first-order valence-electron chi connectivity index (χ1n) is 11.1. The molecule has 10 heteroatoms. The first-order chi connectivity index (χ1) is 15.9. The molecular formula is C23H28N4O4S2. The number of rotatable bonds is 7. The van der Waals surface area contributed by atoms with Gasteiger partial charge in [-0.25, -0.2) is 4.98 Å². The Bertz CT molecular complexity index is 1140. The van der Waals surface area contributed by atoms with Crippen molar-refractivity contribution in [1.29, 1.82) is 0 Å². The molecule has 8 nitrogen and oxygen atoms in total. The summed E-state index contributed by atoms with van der Waals surface area (Å²) in [6, 6.07) is 5.44. The third-order valence-corrected chi connectivity index (χ3v) is 6.87. The Labute approximate surface area is 202 Å². The topological polar surface area (TPSA) is 76.4 Å². The third-order valence-electron chi connectivity index (χ3n) is 5.49. The molecule has 0 aliphatic carbocycles. The Morgan fingerprint density at radius 2 is 2.03 bits per heavy atom. The lowest BCUT2D eigenvalue weighted by molar-refractivity contribution is -0.122. The van der Waals surface area contributed by atoms with Crippen molar-refractivity contribution in [3.8, 4) is 0 Å². The number of pyridine rings is 1. The third kappa shape index (κ3) is 5.13. The first kappa shape index (κ1) is 23.9. The lowest BCUT2D eigenvalue weighted by atomic mass is 10.2. The van der Waals surface area contributed by atoms with Gasteiger partial charge in [0, 0.05) is 39.0 Å². The van der Waals surface area contributed by atoms with Crippen LogP contribution >= 0.6 is 24.0 Å². The van der Waals surface area contributed by atoms with Gasteiger partial charge in [-0.15, -0.1) is 0 Å². The smallest absolute Gasteiger partial charge is 0.267 e. The molecule has 2 aromatic heterocycles. The van der Waals surface area contributed by atoms with Crippen molar-refractivity contribution in [1.82, 2.24) is 14.3 Å². The van der Waals surface area contributed by atoms with Crippen LogP contribution in [0.2, 0.25) is 0 Å². The maximum atomic E-state index is 13.5. The quantitative estimate of drug-likeness (QED) is 0.335. The molecule has 2 aliphatic rings. The van der Waals surface area contributed by atoms with Gasteiger partial charge < -0.3 is 14.4 Å². The molecule has 0 unspecified atom stereocenters. The molecule has 2 fully saturated rings. The molecule has 176 valence electrons. The maximum Gasteiger partial charge on any atom is 0.267 e. The number of carbonyl (C=O) groups is 1. The van der Waals surface area contributed by atoms with E-state index in [2.05, 4.69) is 4.90 Å². The van der Waals surface area contributed by atoms with Crippen molar-refractivity contribution in [3.05, 3.63) is 45.2 Å². The second-order valence-corrected chi connectivity index (χ2v) is 9.80. The number of nitrogens with zero attached hydrogens (tertiary/aromatic N) is 4. The highest BCUT2D eigenvalue weighted by molar-refractivity contribution is 8.26. The summed E-state index contributed by atoms with van der Waals surface area (Å²) in [4.78, 5) is 35.5. The molecule has 2 aromatic rings. The Balaban J connectivity index is 1.73. The van der Waals surface area contributed by atoms with Crippen molar-refractivity contribution in [3.63, 3.8) is 0 Å². The summed E-state index contributed by atoms with van der Waals surface area (Å²) in [5.41, 5.74) is 0.726. The maximum absolute atomic E-state index is 13.5. The van der Waals surface area contributed by atoms with E-state index in [1.54, 1.807) is 29.3 Å². The van der Waals surface area contributed by atoms with E-state index in [0.29, 0.717) is 65.5 Å². The standard InChI is InChI=1S/C23H28N4O4S2/c1-4-30-11-7-10-27-22(29)18(33-23(27)32)12-17-20(25-13-15(2)31-16(3)14-25)24-19-8-5-6-9-26(19)21(17)28/h5-6,8-9,12,15-16H,4,7,10-11,13-14H2,1-3H3/b18-12+/t15-,16-/m0/s1. The first-order valence-corrected chi connectivity index (χ1v) is 12.4. The van der Waals surface area contributed by atoms with Gasteiger partial charge in [0.25, 0.3) is 11.5 Å². The normalized spacial score (nSPS) is 22.7. The van der Waals surface area contributed by atoms with Gasteiger partial charge in [-0.05, 0) is 45.4 Å². The van der Waals surface area contributed by atoms with E-state index in [9.17, 15) is 9.59 Å². The zero-order valence-corrected chi connectivity index (χ0v) is 20.7. The molecule has 4 rings (SSSR count). The number of thiocarbonyl (C=S) groups is 1. The lowest BCUT2D eigenvalue weighted by Crippen LogP contribution is -2.46. The molecule has 0 aromatic carbocycles. The number of hydrogen-bond acceptors (Lipinski definition) is 8. The molecule has 0 N–H and O–H groups in total. The molecule has 0 spiro atoms. The van der Waals surface area contributed by atoms with Crippen LogP contribution in [0.25, 0.3) is 11.7 Å². The zero-order chi connectivity index (χ0) is 23.5. The molecule has 0 radical (unpaired) electrons. The van der Waals surface area contributed by atoms with Crippen molar-refractivity contribution < 1.29 is 14.3 Å². The highest BCUT2D eigenvalue weighted by Gasteiger charge is 2.33. The van der Waals surface area contributed by atoms with Gasteiger partial charge in [-0.1, -0.05) is 30.0 Å². The molecule has 1 amide bonds. The Kier molecular flexibility index (Phi) is 7.48. The van der Waals surface area contributed by atoms with Crippen LogP contribution in [0.5, 0.6) is 0 Å². The molecule has 0 saturated carbocycles. The van der Waals surface area contributed by atoms with Gasteiger partial charge >= 0.3 is 0 Å². The summed E-state index contributed by atoms with van der Waals surface area (Å²) in [7, 11) is 0. The van der Waals surface area contributed by atoms with E-state index in [-0.39, 0.29) is 23.7 Å². The lowest BCUT2D eigenvalue weighted by Gasteiger charge is -2.36. The summed E-state index contributed by atoms with van der Waals surface area (Å²) >= 11 is 6.67. The molecular weight excluding hydrogens is 460 g/mol. The van der Waals surface area contributed by atoms with Gasteiger partial charge in [-0.3, -0.25) is 18.9 Å². The van der Waals surface area contributed by atoms with Crippen molar-refractivity contribution in [2.75, 3.05) is 37.7 Å². The fourth-order valence-corrected chi connectivity index (χ4v) is 5.39. The molecule has 0 bridgehead atoms. The van der Waals surface area contributed by atoms with Crippen LogP contribution in [0.3, 0.4) is 0 Å². The molecule has 2 aliphatic heterocycles. The number of amides is 1. The number of hydrogen-bond donors (Lipinski definition) is 0. The van der Waals surface area contributed by atoms with Gasteiger partial charge in [0.15, 0.2) is 0 Å². The van der Waals surface area contributed by atoms with Crippen LogP contribution < -0.4 is 10.5 Å². The predicted molar refractivity (Wildman–Crippen MR) is 135 cm³/mol. The monoisotopic (exact) mass is 488 g/mol. The van der Waals surface area contributed by atoms with E-state index in [1.807, 2.05) is 26.8 Å². The molecule has 2 atom stereocenters. The van der Waals surface area contributed by atoms with E-state index >= 15 is 0 Å². The number of morpholine rings is 1. The summed E-state index contributed by atoms with van der Waals surface area (Å²) in [5, 5.41) is 0. The van der Waals surface area contributed by atoms with Gasteiger partial charge in [0.05, 0.1) is 22.7 Å². The fraction of sp³-hybridized carbons (Fsp3) is 0.478. The number of ether oxygens (including phenoxy) is 2. The van der Waals surface area contributed by atoms with Gasteiger partial charge in [0.2, 0.25) is 0 Å². The van der Waals surface area contributed by atoms with E-state index in [1.165, 1.54) is 16.2 Å². The Morgan fingerprint density at radius 1 is 1.27 bits per heavy atom. The highest BCUT2D eigenvalue weighted by atomic mass is 32.2. The SMILES string of the molecule is CCOCCCN1C(=O)/C(=C\c2c(N3C[C@H](C)O[C@@H](C)C3)nc3ccccn3c2=O)SC1=S. The highest BCUT2D eigenvalue weighted by Crippen LogP contribution is 2.34. The second-order valence-electron chi connectivity index (χ2n) is 8.13. The average Bonchev–Trinajstić information content (AvgIpc) is 3.05. The van der Waals surface area contributed by atoms with E-state index in [0.717, 1.165) is 0 Å². The second kappa shape index (κ2) is 10.3. The number of fused-ring (bicyclic) bond motifs is 1. The number of thioether (sulfide) groups is 1.